The predicted molar refractivity (Wildman–Crippen MR) is 105 cm³/mol. The fourth-order valence-corrected chi connectivity index (χ4v) is 3.82. The van der Waals surface area contributed by atoms with Gasteiger partial charge in [0.15, 0.2) is 5.16 Å². The van der Waals surface area contributed by atoms with Crippen molar-refractivity contribution in [1.29, 1.82) is 0 Å². The standard InChI is InChI=1S/C20H26N4OS/c1-16-7-11-21-20(22-16)26-15-19(25)23-18-9-13-24(14-10-18)12-8-17-5-3-2-4-6-17/h2-7,11,18H,8-10,12-15H2,1H3,(H,23,25). The number of amides is 1. The molecule has 2 heterocycles. The van der Waals surface area contributed by atoms with E-state index >= 15 is 0 Å². The Morgan fingerprint density at radius 1 is 1.23 bits per heavy atom. The van der Waals surface area contributed by atoms with Crippen molar-refractivity contribution in [3.05, 3.63) is 53.9 Å². The molecule has 6 heteroatoms. The molecule has 1 aromatic carbocycles. The average molecular weight is 371 g/mol. The van der Waals surface area contributed by atoms with E-state index in [1.165, 1.54) is 17.3 Å². The van der Waals surface area contributed by atoms with Gasteiger partial charge in [-0.05, 0) is 37.8 Å². The van der Waals surface area contributed by atoms with Crippen molar-refractivity contribution in [3.8, 4) is 0 Å². The number of rotatable bonds is 7. The molecule has 1 N–H and O–H groups in total. The second-order valence-electron chi connectivity index (χ2n) is 6.69. The van der Waals surface area contributed by atoms with Crippen LogP contribution in [0.2, 0.25) is 0 Å². The molecule has 0 radical (unpaired) electrons. The molecule has 0 saturated carbocycles. The van der Waals surface area contributed by atoms with E-state index in [9.17, 15) is 4.79 Å². The first kappa shape index (κ1) is 18.9. The molecule has 2 aromatic rings. The van der Waals surface area contributed by atoms with Crippen LogP contribution < -0.4 is 5.32 Å². The van der Waals surface area contributed by atoms with Crippen LogP contribution in [0.25, 0.3) is 0 Å². The zero-order valence-electron chi connectivity index (χ0n) is 15.2. The number of thioether (sulfide) groups is 1. The lowest BCUT2D eigenvalue weighted by molar-refractivity contribution is -0.119. The molecule has 138 valence electrons. The van der Waals surface area contributed by atoms with Crippen LogP contribution in [0.4, 0.5) is 0 Å². The van der Waals surface area contributed by atoms with Crippen molar-refractivity contribution in [2.24, 2.45) is 0 Å². The van der Waals surface area contributed by atoms with E-state index in [0.29, 0.717) is 10.9 Å². The quantitative estimate of drug-likeness (QED) is 0.600. The van der Waals surface area contributed by atoms with Crippen molar-refractivity contribution in [3.63, 3.8) is 0 Å². The number of hydrogen-bond acceptors (Lipinski definition) is 5. The van der Waals surface area contributed by atoms with Crippen molar-refractivity contribution in [1.82, 2.24) is 20.2 Å². The molecule has 1 saturated heterocycles. The predicted octanol–water partition coefficient (Wildman–Crippen LogP) is 2.70. The van der Waals surface area contributed by atoms with Crippen molar-refractivity contribution in [2.75, 3.05) is 25.4 Å². The number of carbonyl (C=O) groups excluding carboxylic acids is 1. The molecule has 1 amide bonds. The second-order valence-corrected chi connectivity index (χ2v) is 7.63. The smallest absolute Gasteiger partial charge is 0.230 e. The summed E-state index contributed by atoms with van der Waals surface area (Å²) in [5.41, 5.74) is 2.31. The maximum atomic E-state index is 12.2. The minimum atomic E-state index is 0.0721. The Kier molecular flexibility index (Phi) is 7.03. The van der Waals surface area contributed by atoms with Gasteiger partial charge in [-0.2, -0.15) is 0 Å². The highest BCUT2D eigenvalue weighted by Crippen LogP contribution is 2.14. The van der Waals surface area contributed by atoms with Crippen LogP contribution in [0.15, 0.2) is 47.8 Å². The van der Waals surface area contributed by atoms with Gasteiger partial charge in [-0.15, -0.1) is 0 Å². The van der Waals surface area contributed by atoms with Gasteiger partial charge in [0.25, 0.3) is 0 Å². The minimum absolute atomic E-state index is 0.0721. The van der Waals surface area contributed by atoms with Crippen LogP contribution in [-0.4, -0.2) is 52.2 Å². The van der Waals surface area contributed by atoms with Gasteiger partial charge >= 0.3 is 0 Å². The van der Waals surface area contributed by atoms with E-state index in [-0.39, 0.29) is 11.9 Å². The minimum Gasteiger partial charge on any atom is -0.353 e. The molecule has 5 nitrogen and oxygen atoms in total. The normalized spacial score (nSPS) is 15.7. The first-order valence-electron chi connectivity index (χ1n) is 9.17. The fraction of sp³-hybridized carbons (Fsp3) is 0.450. The van der Waals surface area contributed by atoms with E-state index < -0.39 is 0 Å². The molecule has 1 fully saturated rings. The number of aromatic nitrogens is 2. The monoisotopic (exact) mass is 370 g/mol. The van der Waals surface area contributed by atoms with Gasteiger partial charge in [0.1, 0.15) is 0 Å². The zero-order chi connectivity index (χ0) is 18.2. The van der Waals surface area contributed by atoms with Crippen molar-refractivity contribution >= 4 is 17.7 Å². The maximum absolute atomic E-state index is 12.2. The van der Waals surface area contributed by atoms with Gasteiger partial charge in [-0.3, -0.25) is 4.79 Å². The summed E-state index contributed by atoms with van der Waals surface area (Å²) in [6, 6.07) is 12.8. The lowest BCUT2D eigenvalue weighted by Crippen LogP contribution is -2.45. The summed E-state index contributed by atoms with van der Waals surface area (Å²) >= 11 is 1.39. The second kappa shape index (κ2) is 9.69. The van der Waals surface area contributed by atoms with Crippen molar-refractivity contribution in [2.45, 2.75) is 37.4 Å². The number of hydrogen-bond donors (Lipinski definition) is 1. The Labute approximate surface area is 159 Å². The lowest BCUT2D eigenvalue weighted by Gasteiger charge is -2.32. The van der Waals surface area contributed by atoms with Gasteiger partial charge in [0.2, 0.25) is 5.91 Å². The van der Waals surface area contributed by atoms with Crippen LogP contribution in [0.5, 0.6) is 0 Å². The first-order valence-corrected chi connectivity index (χ1v) is 10.2. The Hall–Kier alpha value is -1.92. The molecule has 3 rings (SSSR count). The van der Waals surface area contributed by atoms with Crippen molar-refractivity contribution < 1.29 is 4.79 Å². The van der Waals surface area contributed by atoms with E-state index in [4.69, 9.17) is 0 Å². The van der Waals surface area contributed by atoms with Crippen LogP contribution in [0.3, 0.4) is 0 Å². The van der Waals surface area contributed by atoms with E-state index in [1.54, 1.807) is 6.20 Å². The van der Waals surface area contributed by atoms with E-state index in [1.807, 2.05) is 13.0 Å². The van der Waals surface area contributed by atoms with Gasteiger partial charge in [0.05, 0.1) is 5.75 Å². The SMILES string of the molecule is Cc1ccnc(SCC(=O)NC2CCN(CCc3ccccc3)CC2)n1. The summed E-state index contributed by atoms with van der Waals surface area (Å²) in [6.45, 7) is 5.11. The molecule has 0 atom stereocenters. The van der Waals surface area contributed by atoms with Gasteiger partial charge in [-0.25, -0.2) is 9.97 Å². The summed E-state index contributed by atoms with van der Waals surface area (Å²) in [7, 11) is 0. The highest BCUT2D eigenvalue weighted by Gasteiger charge is 2.20. The van der Waals surface area contributed by atoms with Gasteiger partial charge < -0.3 is 10.2 Å². The Bertz CT molecular complexity index is 702. The number of aryl methyl sites for hydroxylation is 1. The van der Waals surface area contributed by atoms with Crippen LogP contribution in [0.1, 0.15) is 24.1 Å². The van der Waals surface area contributed by atoms with Gasteiger partial charge in [-0.1, -0.05) is 42.1 Å². The number of nitrogens with zero attached hydrogens (tertiary/aromatic N) is 3. The van der Waals surface area contributed by atoms with Crippen LogP contribution in [-0.2, 0) is 11.2 Å². The topological polar surface area (TPSA) is 58.1 Å². The molecule has 0 unspecified atom stereocenters. The lowest BCUT2D eigenvalue weighted by atomic mass is 10.0. The Morgan fingerprint density at radius 2 is 2.00 bits per heavy atom. The van der Waals surface area contributed by atoms with Gasteiger partial charge in [0, 0.05) is 37.6 Å². The number of benzene rings is 1. The third-order valence-corrected chi connectivity index (χ3v) is 5.48. The fourth-order valence-electron chi connectivity index (χ4n) is 3.13. The third-order valence-electron chi connectivity index (χ3n) is 4.62. The van der Waals surface area contributed by atoms with E-state index in [2.05, 4.69) is 50.5 Å². The molecule has 1 aromatic heterocycles. The Balaban J connectivity index is 1.33. The number of carbonyl (C=O) groups is 1. The molecule has 1 aliphatic rings. The summed E-state index contributed by atoms with van der Waals surface area (Å²) in [5, 5.41) is 3.82. The number of likely N-dealkylation sites (tertiary alicyclic amines) is 1. The summed E-state index contributed by atoms with van der Waals surface area (Å²) in [6.07, 6.45) is 4.86. The van der Waals surface area contributed by atoms with Crippen LogP contribution >= 0.6 is 11.8 Å². The summed E-state index contributed by atoms with van der Waals surface area (Å²) in [5.74, 6) is 0.445. The van der Waals surface area contributed by atoms with Crippen LogP contribution in [0, 0.1) is 6.92 Å². The largest absolute Gasteiger partial charge is 0.353 e. The molecular formula is C20H26N4OS. The first-order chi connectivity index (χ1) is 12.7. The molecule has 1 aliphatic heterocycles. The summed E-state index contributed by atoms with van der Waals surface area (Å²) < 4.78 is 0. The molecular weight excluding hydrogens is 344 g/mol. The molecule has 0 aliphatic carbocycles. The van der Waals surface area contributed by atoms with E-state index in [0.717, 1.165) is 44.6 Å². The average Bonchev–Trinajstić information content (AvgIpc) is 2.67. The Morgan fingerprint density at radius 3 is 2.73 bits per heavy atom. The third kappa shape index (κ3) is 6.11. The number of piperidine rings is 1. The molecule has 0 bridgehead atoms. The number of nitrogens with one attached hydrogen (secondary N) is 1. The summed E-state index contributed by atoms with van der Waals surface area (Å²) in [4.78, 5) is 23.1. The molecule has 26 heavy (non-hydrogen) atoms. The molecule has 0 spiro atoms. The highest BCUT2D eigenvalue weighted by atomic mass is 32.2. The zero-order valence-corrected chi connectivity index (χ0v) is 16.0. The highest BCUT2D eigenvalue weighted by molar-refractivity contribution is 7.99. The maximum Gasteiger partial charge on any atom is 0.230 e.